The zero-order chi connectivity index (χ0) is 13.1. The maximum atomic E-state index is 10.9. The molecule has 1 aromatic rings. The van der Waals surface area contributed by atoms with Crippen molar-refractivity contribution >= 4 is 22.9 Å². The maximum Gasteiger partial charge on any atom is 0.407 e. The monoisotopic (exact) mass is 267 g/mol. The zero-order valence-corrected chi connectivity index (χ0v) is 10.6. The molecule has 1 N–H and O–H groups in total. The van der Waals surface area contributed by atoms with Crippen molar-refractivity contribution in [1.82, 2.24) is 4.90 Å². The molecule has 1 aromatic carbocycles. The van der Waals surface area contributed by atoms with Crippen LogP contribution >= 0.6 is 11.6 Å². The van der Waals surface area contributed by atoms with Gasteiger partial charge in [-0.05, 0) is 48.1 Å². The number of likely N-dealkylation sites (tertiary alicyclic amines) is 1. The molecular formula is C13H14ClNO3. The Balaban J connectivity index is 2.01. The SMILES string of the molecule is O=C(Cl)c1ccc(C2CCN(C(=O)O)CC2)cc1. The van der Waals surface area contributed by atoms with Gasteiger partial charge < -0.3 is 10.0 Å². The van der Waals surface area contributed by atoms with Crippen molar-refractivity contribution in [3.05, 3.63) is 35.4 Å². The Kier molecular flexibility index (Phi) is 3.87. The Morgan fingerprint density at radius 3 is 2.17 bits per heavy atom. The van der Waals surface area contributed by atoms with E-state index in [0.717, 1.165) is 18.4 Å². The van der Waals surface area contributed by atoms with Crippen molar-refractivity contribution in [1.29, 1.82) is 0 Å². The minimum atomic E-state index is -0.850. The van der Waals surface area contributed by atoms with E-state index in [1.807, 2.05) is 12.1 Å². The highest BCUT2D eigenvalue weighted by molar-refractivity contribution is 6.67. The Morgan fingerprint density at radius 2 is 1.72 bits per heavy atom. The van der Waals surface area contributed by atoms with E-state index in [1.54, 1.807) is 12.1 Å². The zero-order valence-electron chi connectivity index (χ0n) is 9.80. The topological polar surface area (TPSA) is 57.6 Å². The fourth-order valence-corrected chi connectivity index (χ4v) is 2.42. The molecule has 1 fully saturated rings. The first-order valence-electron chi connectivity index (χ1n) is 5.85. The molecule has 0 saturated carbocycles. The highest BCUT2D eigenvalue weighted by atomic mass is 35.5. The molecule has 0 aliphatic carbocycles. The number of hydrogen-bond donors (Lipinski definition) is 1. The summed E-state index contributed by atoms with van der Waals surface area (Å²) in [5.41, 5.74) is 1.63. The van der Waals surface area contributed by atoms with Crippen LogP contribution in [0.2, 0.25) is 0 Å². The second-order valence-electron chi connectivity index (χ2n) is 4.44. The second-order valence-corrected chi connectivity index (χ2v) is 4.78. The van der Waals surface area contributed by atoms with Crippen LogP contribution in [0.15, 0.2) is 24.3 Å². The summed E-state index contributed by atoms with van der Waals surface area (Å²) in [6.07, 6.45) is 0.789. The van der Waals surface area contributed by atoms with Gasteiger partial charge in [-0.3, -0.25) is 4.79 Å². The van der Waals surface area contributed by atoms with Crippen LogP contribution in [0.5, 0.6) is 0 Å². The number of carbonyl (C=O) groups is 2. The Hall–Kier alpha value is -1.55. The van der Waals surface area contributed by atoms with Gasteiger partial charge >= 0.3 is 6.09 Å². The van der Waals surface area contributed by atoms with Crippen LogP contribution in [0, 0.1) is 0 Å². The highest BCUT2D eigenvalue weighted by Crippen LogP contribution is 2.28. The third-order valence-electron chi connectivity index (χ3n) is 3.37. The van der Waals surface area contributed by atoms with Gasteiger partial charge in [-0.15, -0.1) is 0 Å². The van der Waals surface area contributed by atoms with Crippen LogP contribution in [0.3, 0.4) is 0 Å². The predicted molar refractivity (Wildman–Crippen MR) is 68.2 cm³/mol. The highest BCUT2D eigenvalue weighted by Gasteiger charge is 2.23. The summed E-state index contributed by atoms with van der Waals surface area (Å²) in [7, 11) is 0. The second kappa shape index (κ2) is 5.40. The van der Waals surface area contributed by atoms with Crippen LogP contribution in [0.1, 0.15) is 34.7 Å². The fourth-order valence-electron chi connectivity index (χ4n) is 2.29. The van der Waals surface area contributed by atoms with Gasteiger partial charge in [0.1, 0.15) is 0 Å². The molecule has 1 heterocycles. The van der Waals surface area contributed by atoms with Crippen LogP contribution in [-0.2, 0) is 0 Å². The molecule has 1 amide bonds. The standard InChI is InChI=1S/C13H14ClNO3/c14-12(16)11-3-1-9(2-4-11)10-5-7-15(8-6-10)13(17)18/h1-4,10H,5-8H2,(H,17,18). The number of carboxylic acid groups (broad SMARTS) is 1. The number of piperidine rings is 1. The fraction of sp³-hybridized carbons (Fsp3) is 0.385. The van der Waals surface area contributed by atoms with Gasteiger partial charge in [-0.2, -0.15) is 0 Å². The third-order valence-corrected chi connectivity index (χ3v) is 3.59. The molecule has 5 heteroatoms. The van der Waals surface area contributed by atoms with Gasteiger partial charge in [0.2, 0.25) is 0 Å². The van der Waals surface area contributed by atoms with Gasteiger partial charge in [0.25, 0.3) is 5.24 Å². The Morgan fingerprint density at radius 1 is 1.17 bits per heavy atom. The molecule has 2 rings (SSSR count). The number of amides is 1. The van der Waals surface area contributed by atoms with Crippen LogP contribution in [0.25, 0.3) is 0 Å². The van der Waals surface area contributed by atoms with Crippen molar-refractivity contribution in [2.24, 2.45) is 0 Å². The molecule has 0 atom stereocenters. The number of rotatable bonds is 2. The van der Waals surface area contributed by atoms with E-state index in [9.17, 15) is 9.59 Å². The van der Waals surface area contributed by atoms with E-state index >= 15 is 0 Å². The number of benzene rings is 1. The normalized spacial score (nSPS) is 16.6. The summed E-state index contributed by atoms with van der Waals surface area (Å²) in [6.45, 7) is 1.13. The number of nitrogens with zero attached hydrogens (tertiary/aromatic N) is 1. The lowest BCUT2D eigenvalue weighted by molar-refractivity contribution is 0.108. The van der Waals surface area contributed by atoms with Gasteiger partial charge in [-0.1, -0.05) is 12.1 Å². The number of carbonyl (C=O) groups excluding carboxylic acids is 1. The van der Waals surface area contributed by atoms with E-state index in [4.69, 9.17) is 16.7 Å². The minimum Gasteiger partial charge on any atom is -0.465 e. The van der Waals surface area contributed by atoms with E-state index in [-0.39, 0.29) is 0 Å². The Labute approximate surface area is 110 Å². The van der Waals surface area contributed by atoms with Crippen molar-refractivity contribution in [3.8, 4) is 0 Å². The van der Waals surface area contributed by atoms with Gasteiger partial charge in [0, 0.05) is 18.7 Å². The van der Waals surface area contributed by atoms with Crippen LogP contribution in [0.4, 0.5) is 4.79 Å². The molecule has 0 radical (unpaired) electrons. The molecule has 1 aliphatic rings. The maximum absolute atomic E-state index is 10.9. The predicted octanol–water partition coefficient (Wildman–Crippen LogP) is 2.92. The quantitative estimate of drug-likeness (QED) is 0.838. The van der Waals surface area contributed by atoms with E-state index < -0.39 is 11.3 Å². The average Bonchev–Trinajstić information content (AvgIpc) is 2.39. The first-order chi connectivity index (χ1) is 8.58. The Bertz CT molecular complexity index is 450. The summed E-state index contributed by atoms with van der Waals surface area (Å²) in [5.74, 6) is 0.361. The molecule has 0 unspecified atom stereocenters. The summed E-state index contributed by atoms with van der Waals surface area (Å²) in [4.78, 5) is 23.2. The largest absolute Gasteiger partial charge is 0.465 e. The summed E-state index contributed by atoms with van der Waals surface area (Å²) in [6, 6.07) is 7.23. The minimum absolute atomic E-state index is 0.361. The third kappa shape index (κ3) is 2.82. The number of hydrogen-bond acceptors (Lipinski definition) is 2. The average molecular weight is 268 g/mol. The summed E-state index contributed by atoms with van der Waals surface area (Å²) in [5, 5.41) is 8.41. The van der Waals surface area contributed by atoms with Crippen molar-refractivity contribution in [2.75, 3.05) is 13.1 Å². The first-order valence-corrected chi connectivity index (χ1v) is 6.23. The molecule has 18 heavy (non-hydrogen) atoms. The van der Waals surface area contributed by atoms with Crippen LogP contribution in [-0.4, -0.2) is 34.4 Å². The van der Waals surface area contributed by atoms with Crippen molar-refractivity contribution in [3.63, 3.8) is 0 Å². The molecule has 1 saturated heterocycles. The molecule has 0 spiro atoms. The molecule has 1 aliphatic heterocycles. The van der Waals surface area contributed by atoms with Gasteiger partial charge in [0.05, 0.1) is 0 Å². The molecular weight excluding hydrogens is 254 g/mol. The summed E-state index contributed by atoms with van der Waals surface area (Å²) < 4.78 is 0. The van der Waals surface area contributed by atoms with Crippen LogP contribution < -0.4 is 0 Å². The lowest BCUT2D eigenvalue weighted by atomic mass is 9.89. The van der Waals surface area contributed by atoms with E-state index in [1.165, 1.54) is 4.90 Å². The lowest BCUT2D eigenvalue weighted by Gasteiger charge is -2.30. The molecule has 4 nitrogen and oxygen atoms in total. The van der Waals surface area contributed by atoms with E-state index in [0.29, 0.717) is 24.6 Å². The molecule has 96 valence electrons. The first kappa shape index (κ1) is 12.9. The lowest BCUT2D eigenvalue weighted by Crippen LogP contribution is -2.36. The van der Waals surface area contributed by atoms with E-state index in [2.05, 4.69) is 0 Å². The van der Waals surface area contributed by atoms with Gasteiger partial charge in [-0.25, -0.2) is 4.79 Å². The van der Waals surface area contributed by atoms with Gasteiger partial charge in [0.15, 0.2) is 0 Å². The van der Waals surface area contributed by atoms with Crippen molar-refractivity contribution in [2.45, 2.75) is 18.8 Å². The summed E-state index contributed by atoms with van der Waals surface area (Å²) >= 11 is 5.38. The van der Waals surface area contributed by atoms with Crippen molar-refractivity contribution < 1.29 is 14.7 Å². The molecule has 0 aromatic heterocycles. The smallest absolute Gasteiger partial charge is 0.407 e. The molecule has 0 bridgehead atoms. The number of halogens is 1.